The number of amides is 2. The molecule has 7 heteroatoms. The van der Waals surface area contributed by atoms with Crippen LogP contribution >= 0.6 is 22.6 Å². The van der Waals surface area contributed by atoms with Gasteiger partial charge >= 0.3 is 0 Å². The predicted molar refractivity (Wildman–Crippen MR) is 138 cm³/mol. The maximum Gasteiger partial charge on any atom is 0.289 e. The summed E-state index contributed by atoms with van der Waals surface area (Å²) in [6.07, 6.45) is 0. The highest BCUT2D eigenvalue weighted by Crippen LogP contribution is 2.23. The van der Waals surface area contributed by atoms with Gasteiger partial charge in [-0.15, -0.1) is 0 Å². The number of carbonyl (C=O) groups is 2. The highest BCUT2D eigenvalue weighted by molar-refractivity contribution is 14.1. The molecule has 1 fully saturated rings. The Morgan fingerprint density at radius 1 is 0.848 bits per heavy atom. The van der Waals surface area contributed by atoms with Crippen LogP contribution in [0.4, 0.5) is 11.4 Å². The van der Waals surface area contributed by atoms with Crippen molar-refractivity contribution < 1.29 is 14.0 Å². The molecule has 0 aliphatic carbocycles. The van der Waals surface area contributed by atoms with Crippen LogP contribution < -0.4 is 10.2 Å². The second-order valence-corrected chi connectivity index (χ2v) is 9.18. The molecular formula is C26H22IN3O3. The van der Waals surface area contributed by atoms with Crippen molar-refractivity contribution in [3.8, 4) is 0 Å². The van der Waals surface area contributed by atoms with E-state index in [1.54, 1.807) is 6.07 Å². The number of benzene rings is 3. The Morgan fingerprint density at radius 2 is 1.61 bits per heavy atom. The summed E-state index contributed by atoms with van der Waals surface area (Å²) < 4.78 is 6.76. The van der Waals surface area contributed by atoms with E-state index < -0.39 is 0 Å². The lowest BCUT2D eigenvalue weighted by molar-refractivity contribution is 0.0717. The summed E-state index contributed by atoms with van der Waals surface area (Å²) >= 11 is 2.20. The first-order valence-electron chi connectivity index (χ1n) is 10.8. The maximum absolute atomic E-state index is 12.9. The van der Waals surface area contributed by atoms with E-state index in [1.165, 1.54) is 0 Å². The van der Waals surface area contributed by atoms with Gasteiger partial charge < -0.3 is 19.5 Å². The molecule has 0 spiro atoms. The van der Waals surface area contributed by atoms with Crippen molar-refractivity contribution in [2.75, 3.05) is 36.4 Å². The third kappa shape index (κ3) is 4.73. The van der Waals surface area contributed by atoms with Gasteiger partial charge in [0.2, 0.25) is 0 Å². The lowest BCUT2D eigenvalue weighted by Gasteiger charge is -2.35. The summed E-state index contributed by atoms with van der Waals surface area (Å²) in [5.41, 5.74) is 3.18. The molecule has 0 saturated carbocycles. The first kappa shape index (κ1) is 21.5. The van der Waals surface area contributed by atoms with Crippen molar-refractivity contribution in [2.24, 2.45) is 0 Å². The quantitative estimate of drug-likeness (QED) is 0.352. The highest BCUT2D eigenvalue weighted by atomic mass is 127. The van der Waals surface area contributed by atoms with Crippen molar-refractivity contribution in [1.82, 2.24) is 4.90 Å². The number of para-hydroxylation sites is 1. The Morgan fingerprint density at radius 3 is 2.33 bits per heavy atom. The number of fused-ring (bicyclic) bond motifs is 1. The summed E-state index contributed by atoms with van der Waals surface area (Å²) in [7, 11) is 0. The normalized spacial score (nSPS) is 13.8. The van der Waals surface area contributed by atoms with Crippen LogP contribution in [0.3, 0.4) is 0 Å². The molecule has 0 bridgehead atoms. The highest BCUT2D eigenvalue weighted by Gasteiger charge is 2.24. The maximum atomic E-state index is 12.9. The number of hydrogen-bond donors (Lipinski definition) is 1. The molecule has 1 aromatic heterocycles. The van der Waals surface area contributed by atoms with Crippen LogP contribution in [0.5, 0.6) is 0 Å². The van der Waals surface area contributed by atoms with E-state index in [9.17, 15) is 9.59 Å². The van der Waals surface area contributed by atoms with E-state index >= 15 is 0 Å². The van der Waals surface area contributed by atoms with Gasteiger partial charge in [0.1, 0.15) is 5.58 Å². The minimum Gasteiger partial charge on any atom is -0.451 e. The van der Waals surface area contributed by atoms with E-state index in [1.807, 2.05) is 77.7 Å². The number of rotatable bonds is 4. The summed E-state index contributed by atoms with van der Waals surface area (Å²) in [4.78, 5) is 29.4. The molecule has 0 atom stereocenters. The fourth-order valence-corrected chi connectivity index (χ4v) is 4.54. The zero-order valence-corrected chi connectivity index (χ0v) is 20.0. The van der Waals surface area contributed by atoms with Crippen LogP contribution in [0.2, 0.25) is 0 Å². The Labute approximate surface area is 205 Å². The average Bonchev–Trinajstić information content (AvgIpc) is 3.29. The van der Waals surface area contributed by atoms with Crippen LogP contribution in [-0.2, 0) is 0 Å². The zero-order valence-electron chi connectivity index (χ0n) is 17.8. The zero-order chi connectivity index (χ0) is 22.8. The lowest BCUT2D eigenvalue weighted by atomic mass is 10.2. The molecule has 0 unspecified atom stereocenters. The van der Waals surface area contributed by atoms with Gasteiger partial charge in [0.15, 0.2) is 5.76 Å². The Kier molecular flexibility index (Phi) is 6.04. The molecule has 1 aliphatic rings. The topological polar surface area (TPSA) is 65.8 Å². The number of anilines is 2. The number of furan rings is 1. The van der Waals surface area contributed by atoms with Crippen molar-refractivity contribution >= 4 is 56.7 Å². The predicted octanol–water partition coefficient (Wildman–Crippen LogP) is 5.25. The van der Waals surface area contributed by atoms with Crippen molar-refractivity contribution in [2.45, 2.75) is 0 Å². The third-order valence-electron chi connectivity index (χ3n) is 5.78. The number of hydrogen-bond acceptors (Lipinski definition) is 4. The molecule has 1 N–H and O–H groups in total. The minimum atomic E-state index is -0.126. The number of nitrogens with one attached hydrogen (secondary N) is 1. The van der Waals surface area contributed by atoms with Gasteiger partial charge in [-0.05, 0) is 77.2 Å². The van der Waals surface area contributed by atoms with Crippen molar-refractivity contribution in [3.63, 3.8) is 0 Å². The fraction of sp³-hybridized carbons (Fsp3) is 0.154. The standard InChI is InChI=1S/C26H22IN3O3/c27-20-6-3-5-19(16-20)25(31)28-21-8-10-22(11-9-21)29-12-14-30(15-13-29)26(32)24-17-18-4-1-2-7-23(18)33-24/h1-11,16-17H,12-15H2,(H,28,31). The van der Waals surface area contributed by atoms with Gasteiger partial charge in [-0.25, -0.2) is 0 Å². The van der Waals surface area contributed by atoms with Crippen LogP contribution in [-0.4, -0.2) is 42.9 Å². The number of carbonyl (C=O) groups excluding carboxylic acids is 2. The Balaban J connectivity index is 1.18. The van der Waals surface area contributed by atoms with E-state index in [2.05, 4.69) is 32.8 Å². The lowest BCUT2D eigenvalue weighted by Crippen LogP contribution is -2.48. The van der Waals surface area contributed by atoms with Gasteiger partial charge in [-0.1, -0.05) is 24.3 Å². The first-order valence-corrected chi connectivity index (χ1v) is 11.8. The SMILES string of the molecule is O=C(Nc1ccc(N2CCN(C(=O)c3cc4ccccc4o3)CC2)cc1)c1cccc(I)c1. The molecule has 6 nitrogen and oxygen atoms in total. The van der Waals surface area contributed by atoms with E-state index in [0.29, 0.717) is 24.4 Å². The molecule has 1 aliphatic heterocycles. The molecule has 3 aromatic carbocycles. The molecule has 0 radical (unpaired) electrons. The monoisotopic (exact) mass is 551 g/mol. The number of piperazine rings is 1. The van der Waals surface area contributed by atoms with Gasteiger partial charge in [-0.2, -0.15) is 0 Å². The molecule has 166 valence electrons. The van der Waals surface area contributed by atoms with Gasteiger partial charge in [0, 0.05) is 52.1 Å². The minimum absolute atomic E-state index is 0.0699. The van der Waals surface area contributed by atoms with Gasteiger partial charge in [0.05, 0.1) is 0 Å². The Hall–Kier alpha value is -3.33. The Bertz CT molecular complexity index is 1270. The van der Waals surface area contributed by atoms with E-state index in [0.717, 1.165) is 39.0 Å². The van der Waals surface area contributed by atoms with Crippen molar-refractivity contribution in [3.05, 3.63) is 93.8 Å². The molecule has 5 rings (SSSR count). The van der Waals surface area contributed by atoms with E-state index in [-0.39, 0.29) is 11.8 Å². The number of nitrogens with zero attached hydrogens (tertiary/aromatic N) is 2. The second kappa shape index (κ2) is 9.27. The molecule has 1 saturated heterocycles. The van der Waals surface area contributed by atoms with Gasteiger partial charge in [0.25, 0.3) is 11.8 Å². The summed E-state index contributed by atoms with van der Waals surface area (Å²) in [6.45, 7) is 2.72. The van der Waals surface area contributed by atoms with Crippen LogP contribution in [0.25, 0.3) is 11.0 Å². The third-order valence-corrected chi connectivity index (χ3v) is 6.45. The average molecular weight is 551 g/mol. The molecule has 2 heterocycles. The summed E-state index contributed by atoms with van der Waals surface area (Å²) in [5, 5.41) is 3.88. The van der Waals surface area contributed by atoms with Crippen molar-refractivity contribution in [1.29, 1.82) is 0 Å². The first-order chi connectivity index (χ1) is 16.1. The molecule has 33 heavy (non-hydrogen) atoms. The van der Waals surface area contributed by atoms with E-state index in [4.69, 9.17) is 4.42 Å². The van der Waals surface area contributed by atoms with Crippen LogP contribution in [0.15, 0.2) is 83.3 Å². The fourth-order valence-electron chi connectivity index (χ4n) is 4.00. The summed E-state index contributed by atoms with van der Waals surface area (Å²) in [6, 6.07) is 24.8. The van der Waals surface area contributed by atoms with Crippen LogP contribution in [0, 0.1) is 3.57 Å². The largest absolute Gasteiger partial charge is 0.451 e. The number of halogens is 1. The molecular weight excluding hydrogens is 529 g/mol. The smallest absolute Gasteiger partial charge is 0.289 e. The molecule has 4 aromatic rings. The van der Waals surface area contributed by atoms with Crippen LogP contribution in [0.1, 0.15) is 20.9 Å². The summed E-state index contributed by atoms with van der Waals surface area (Å²) in [5.74, 6) is 0.191. The molecule has 2 amide bonds. The van der Waals surface area contributed by atoms with Gasteiger partial charge in [-0.3, -0.25) is 9.59 Å². The second-order valence-electron chi connectivity index (χ2n) is 7.94.